The van der Waals surface area contributed by atoms with Crippen molar-refractivity contribution < 1.29 is 29.0 Å². The van der Waals surface area contributed by atoms with Crippen LogP contribution in [0.15, 0.2) is 35.5 Å². The highest BCUT2D eigenvalue weighted by Gasteiger charge is 2.38. The molecule has 2 aromatic carbocycles. The number of rotatable bonds is 3. The number of fused-ring (bicyclic) bond motifs is 2. The van der Waals surface area contributed by atoms with Crippen molar-refractivity contribution in [2.45, 2.75) is 25.2 Å². The van der Waals surface area contributed by atoms with Crippen LogP contribution < -0.4 is 19.5 Å². The summed E-state index contributed by atoms with van der Waals surface area (Å²) in [6.07, 6.45) is 1.84. The molecule has 154 valence electrons. The lowest BCUT2D eigenvalue weighted by molar-refractivity contribution is -0.386. The average molecular weight is 410 g/mol. The molecule has 0 saturated heterocycles. The van der Waals surface area contributed by atoms with Crippen LogP contribution in [0, 0.1) is 10.1 Å². The number of hydrogen-bond acceptors (Lipinski definition) is 8. The van der Waals surface area contributed by atoms with E-state index in [1.165, 1.54) is 13.2 Å². The van der Waals surface area contributed by atoms with Crippen molar-refractivity contribution in [3.05, 3.63) is 56.8 Å². The van der Waals surface area contributed by atoms with Crippen LogP contribution in [0.25, 0.3) is 0 Å². The summed E-state index contributed by atoms with van der Waals surface area (Å²) in [5, 5.41) is 25.1. The first-order valence-corrected chi connectivity index (χ1v) is 9.50. The third-order valence-corrected chi connectivity index (χ3v) is 5.71. The Bertz CT molecular complexity index is 1140. The zero-order valence-electron chi connectivity index (χ0n) is 16.1. The molecule has 2 heterocycles. The number of ketones is 1. The summed E-state index contributed by atoms with van der Waals surface area (Å²) in [5.41, 5.74) is 2.89. The van der Waals surface area contributed by atoms with E-state index in [9.17, 15) is 20.0 Å². The molecule has 0 radical (unpaired) electrons. The molecule has 0 spiro atoms. The Kier molecular flexibility index (Phi) is 4.05. The van der Waals surface area contributed by atoms with Crippen molar-refractivity contribution in [1.29, 1.82) is 0 Å². The number of methoxy groups -OCH3 is 1. The summed E-state index contributed by atoms with van der Waals surface area (Å²) in [6.45, 7) is 0.105. The quantitative estimate of drug-likeness (QED) is 0.582. The van der Waals surface area contributed by atoms with E-state index in [1.54, 1.807) is 12.1 Å². The van der Waals surface area contributed by atoms with Crippen LogP contribution in [-0.4, -0.2) is 29.7 Å². The smallest absolute Gasteiger partial charge is 0.314 e. The van der Waals surface area contributed by atoms with E-state index in [2.05, 4.69) is 5.32 Å². The number of benzene rings is 2. The van der Waals surface area contributed by atoms with E-state index in [4.69, 9.17) is 14.2 Å². The van der Waals surface area contributed by atoms with Gasteiger partial charge in [-0.05, 0) is 36.1 Å². The first kappa shape index (κ1) is 18.3. The van der Waals surface area contributed by atoms with Crippen LogP contribution >= 0.6 is 0 Å². The molecule has 9 nitrogen and oxygen atoms in total. The zero-order valence-corrected chi connectivity index (χ0v) is 16.1. The van der Waals surface area contributed by atoms with E-state index >= 15 is 0 Å². The fourth-order valence-electron chi connectivity index (χ4n) is 4.37. The highest BCUT2D eigenvalue weighted by atomic mass is 16.7. The van der Waals surface area contributed by atoms with Crippen molar-refractivity contribution in [2.75, 3.05) is 19.2 Å². The Morgan fingerprint density at radius 1 is 1.20 bits per heavy atom. The molecule has 0 aromatic heterocycles. The number of Topliss-reactive ketones (excluding diaryl/α,β-unsaturated/α-hetero) is 1. The predicted molar refractivity (Wildman–Crippen MR) is 105 cm³/mol. The number of phenolic OH excluding ortho intramolecular Hbond substituents is 1. The van der Waals surface area contributed by atoms with Crippen LogP contribution in [0.3, 0.4) is 0 Å². The number of nitro groups is 1. The Morgan fingerprint density at radius 3 is 2.70 bits per heavy atom. The molecule has 2 aliphatic heterocycles. The summed E-state index contributed by atoms with van der Waals surface area (Å²) >= 11 is 0. The van der Waals surface area contributed by atoms with Gasteiger partial charge in [0.15, 0.2) is 23.0 Å². The number of hydrogen-bond donors (Lipinski definition) is 2. The predicted octanol–water partition coefficient (Wildman–Crippen LogP) is 3.60. The van der Waals surface area contributed by atoms with Crippen molar-refractivity contribution in [3.8, 4) is 23.0 Å². The first-order chi connectivity index (χ1) is 14.5. The van der Waals surface area contributed by atoms with Gasteiger partial charge in [-0.1, -0.05) is 0 Å². The molecule has 1 aliphatic carbocycles. The van der Waals surface area contributed by atoms with Crippen molar-refractivity contribution in [3.63, 3.8) is 0 Å². The number of anilines is 1. The number of allylic oxidation sites excluding steroid dienone is 2. The highest BCUT2D eigenvalue weighted by molar-refractivity contribution is 6.01. The largest absolute Gasteiger partial charge is 0.500 e. The number of carbonyl (C=O) groups excluding carboxylic acids is 1. The molecular weight excluding hydrogens is 392 g/mol. The maximum atomic E-state index is 12.9. The zero-order chi connectivity index (χ0) is 21.0. The van der Waals surface area contributed by atoms with Gasteiger partial charge in [-0.25, -0.2) is 0 Å². The number of aromatic hydroxyl groups is 1. The van der Waals surface area contributed by atoms with Crippen LogP contribution in [0.5, 0.6) is 23.0 Å². The van der Waals surface area contributed by atoms with E-state index in [-0.39, 0.29) is 18.3 Å². The van der Waals surface area contributed by atoms with E-state index < -0.39 is 22.3 Å². The Labute approximate surface area is 171 Å². The van der Waals surface area contributed by atoms with Gasteiger partial charge in [-0.3, -0.25) is 14.9 Å². The van der Waals surface area contributed by atoms with Gasteiger partial charge in [-0.15, -0.1) is 0 Å². The van der Waals surface area contributed by atoms with Crippen LogP contribution in [-0.2, 0) is 4.79 Å². The van der Waals surface area contributed by atoms with Gasteiger partial charge in [0.05, 0.1) is 12.0 Å². The second kappa shape index (κ2) is 6.65. The normalized spacial score (nSPS) is 19.1. The lowest BCUT2D eigenvalue weighted by atomic mass is 9.75. The average Bonchev–Trinajstić information content (AvgIpc) is 3.18. The van der Waals surface area contributed by atoms with Crippen LogP contribution in [0.2, 0.25) is 0 Å². The summed E-state index contributed by atoms with van der Waals surface area (Å²) in [7, 11) is 1.33. The summed E-state index contributed by atoms with van der Waals surface area (Å²) in [5.74, 6) is 0.00719. The number of carbonyl (C=O) groups is 1. The third kappa shape index (κ3) is 2.66. The molecular formula is C21H18N2O7. The first-order valence-electron chi connectivity index (χ1n) is 9.50. The van der Waals surface area contributed by atoms with Crippen molar-refractivity contribution >= 4 is 17.2 Å². The molecule has 0 fully saturated rings. The van der Waals surface area contributed by atoms with Crippen LogP contribution in [0.1, 0.15) is 36.3 Å². The Hall–Kier alpha value is -3.75. The molecule has 0 bridgehead atoms. The number of nitro benzene ring substituents is 1. The van der Waals surface area contributed by atoms with Gasteiger partial charge >= 0.3 is 5.69 Å². The standard InChI is InChI=1S/C21H18N2O7/c1-28-18-6-10(5-14(21(18)25)23(26)27)19-11-7-16-17(30-9-29-16)8-13(11)22-12-3-2-4-15(24)20(12)19/h5-8,19,22,25H,2-4,9H2,1H3/t19-/m1/s1. The number of ether oxygens (including phenoxy) is 3. The second-order valence-corrected chi connectivity index (χ2v) is 7.37. The molecule has 0 amide bonds. The minimum atomic E-state index is -0.666. The summed E-state index contributed by atoms with van der Waals surface area (Å²) in [6, 6.07) is 6.46. The monoisotopic (exact) mass is 410 g/mol. The molecule has 1 atom stereocenters. The lowest BCUT2D eigenvalue weighted by Crippen LogP contribution is -2.27. The Morgan fingerprint density at radius 2 is 1.97 bits per heavy atom. The van der Waals surface area contributed by atoms with Gasteiger partial charge in [0.1, 0.15) is 0 Å². The molecule has 2 aromatic rings. The minimum absolute atomic E-state index is 0.00763. The third-order valence-electron chi connectivity index (χ3n) is 5.71. The van der Waals surface area contributed by atoms with Gasteiger partial charge in [0.2, 0.25) is 12.5 Å². The van der Waals surface area contributed by atoms with Gasteiger partial charge in [-0.2, -0.15) is 0 Å². The molecule has 3 aliphatic rings. The van der Waals surface area contributed by atoms with Crippen LogP contribution in [0.4, 0.5) is 11.4 Å². The molecule has 2 N–H and O–H groups in total. The van der Waals surface area contributed by atoms with Gasteiger partial charge in [0, 0.05) is 41.4 Å². The number of phenols is 1. The van der Waals surface area contributed by atoms with Crippen molar-refractivity contribution in [2.24, 2.45) is 0 Å². The second-order valence-electron chi connectivity index (χ2n) is 7.37. The SMILES string of the molecule is COc1cc([C@H]2C3=C(CCCC3=O)Nc3cc4c(cc32)OCO4)cc([N+](=O)[O-])c1O. The molecule has 9 heteroatoms. The van der Waals surface area contributed by atoms with E-state index in [0.717, 1.165) is 23.4 Å². The molecule has 30 heavy (non-hydrogen) atoms. The van der Waals surface area contributed by atoms with Gasteiger partial charge in [0.25, 0.3) is 0 Å². The molecule has 5 rings (SSSR count). The maximum absolute atomic E-state index is 12.9. The summed E-state index contributed by atoms with van der Waals surface area (Å²) < 4.78 is 16.2. The number of nitrogens with one attached hydrogen (secondary N) is 1. The fourth-order valence-corrected chi connectivity index (χ4v) is 4.37. The van der Waals surface area contributed by atoms with Gasteiger partial charge < -0.3 is 24.6 Å². The Balaban J connectivity index is 1.77. The topological polar surface area (TPSA) is 120 Å². The summed E-state index contributed by atoms with van der Waals surface area (Å²) in [4.78, 5) is 23.8. The number of nitrogens with zero attached hydrogens (tertiary/aromatic N) is 1. The maximum Gasteiger partial charge on any atom is 0.314 e. The lowest BCUT2D eigenvalue weighted by Gasteiger charge is -2.34. The van der Waals surface area contributed by atoms with Crippen molar-refractivity contribution in [1.82, 2.24) is 0 Å². The molecule has 0 unspecified atom stereocenters. The van der Waals surface area contributed by atoms with E-state index in [1.807, 2.05) is 6.07 Å². The minimum Gasteiger partial charge on any atom is -0.500 e. The molecule has 0 saturated carbocycles. The fraction of sp³-hybridized carbons (Fsp3) is 0.286. The highest BCUT2D eigenvalue weighted by Crippen LogP contribution is 2.51. The van der Waals surface area contributed by atoms with E-state index in [0.29, 0.717) is 35.5 Å².